The van der Waals surface area contributed by atoms with Crippen LogP contribution in [0.1, 0.15) is 32.8 Å². The maximum Gasteiger partial charge on any atom is 0.0250 e. The Bertz CT molecular complexity index is 347. The number of hydrogen-bond donors (Lipinski definition) is 1. The molecule has 2 nitrogen and oxygen atoms in total. The molecule has 0 aromatic heterocycles. The summed E-state index contributed by atoms with van der Waals surface area (Å²) >= 11 is 0. The van der Waals surface area contributed by atoms with Crippen molar-refractivity contribution >= 4 is 0 Å². The molecule has 0 saturated carbocycles. The van der Waals surface area contributed by atoms with Gasteiger partial charge in [-0.05, 0) is 17.9 Å². The van der Waals surface area contributed by atoms with Gasteiger partial charge in [-0.3, -0.25) is 4.90 Å². The molecule has 1 saturated heterocycles. The Labute approximate surface area is 111 Å². The van der Waals surface area contributed by atoms with Crippen molar-refractivity contribution in [2.75, 3.05) is 13.1 Å². The first kappa shape index (κ1) is 13.6. The molecule has 1 fully saturated rings. The Balaban J connectivity index is 2.13. The molecular formula is C16H26N2. The fourth-order valence-corrected chi connectivity index (χ4v) is 2.94. The lowest BCUT2D eigenvalue weighted by Crippen LogP contribution is -2.58. The molecule has 1 aliphatic rings. The van der Waals surface area contributed by atoms with Gasteiger partial charge in [-0.2, -0.15) is 0 Å². The molecule has 2 atom stereocenters. The molecule has 0 amide bonds. The van der Waals surface area contributed by atoms with E-state index in [-0.39, 0.29) is 0 Å². The van der Waals surface area contributed by atoms with E-state index in [0.717, 1.165) is 19.6 Å². The monoisotopic (exact) mass is 246 g/mol. The molecule has 1 aliphatic heterocycles. The van der Waals surface area contributed by atoms with E-state index >= 15 is 0 Å². The number of rotatable bonds is 4. The highest BCUT2D eigenvalue weighted by Gasteiger charge is 2.30. The van der Waals surface area contributed by atoms with Crippen molar-refractivity contribution in [3.05, 3.63) is 35.9 Å². The van der Waals surface area contributed by atoms with Gasteiger partial charge in [-0.25, -0.2) is 0 Å². The lowest BCUT2D eigenvalue weighted by Gasteiger charge is -2.44. The molecule has 0 spiro atoms. The number of nitrogens with zero attached hydrogens (tertiary/aromatic N) is 1. The molecule has 2 rings (SSSR count). The van der Waals surface area contributed by atoms with Crippen molar-refractivity contribution in [2.45, 2.75) is 45.8 Å². The third-order valence-corrected chi connectivity index (χ3v) is 4.08. The summed E-state index contributed by atoms with van der Waals surface area (Å²) in [6.45, 7) is 10.3. The van der Waals surface area contributed by atoms with Crippen molar-refractivity contribution in [1.29, 1.82) is 0 Å². The number of benzene rings is 1. The van der Waals surface area contributed by atoms with Crippen molar-refractivity contribution in [1.82, 2.24) is 10.2 Å². The van der Waals surface area contributed by atoms with Gasteiger partial charge in [0.15, 0.2) is 0 Å². The van der Waals surface area contributed by atoms with Crippen LogP contribution in [0.3, 0.4) is 0 Å². The predicted octanol–water partition coefficient (Wildman–Crippen LogP) is 2.90. The van der Waals surface area contributed by atoms with Gasteiger partial charge in [-0.1, -0.05) is 51.1 Å². The smallest absolute Gasteiger partial charge is 0.0250 e. The molecule has 0 radical (unpaired) electrons. The third-order valence-electron chi connectivity index (χ3n) is 4.08. The summed E-state index contributed by atoms with van der Waals surface area (Å²) in [4.78, 5) is 2.70. The summed E-state index contributed by atoms with van der Waals surface area (Å²) in [5.41, 5.74) is 1.43. The molecule has 0 aliphatic carbocycles. The number of hydrogen-bond acceptors (Lipinski definition) is 2. The quantitative estimate of drug-likeness (QED) is 0.879. The molecule has 1 heterocycles. The predicted molar refractivity (Wildman–Crippen MR) is 77.6 cm³/mol. The van der Waals surface area contributed by atoms with Gasteiger partial charge in [0.05, 0.1) is 0 Å². The van der Waals surface area contributed by atoms with Gasteiger partial charge in [0, 0.05) is 31.7 Å². The summed E-state index contributed by atoms with van der Waals surface area (Å²) in [5, 5.41) is 3.59. The summed E-state index contributed by atoms with van der Waals surface area (Å²) in [6, 6.07) is 12.2. The Morgan fingerprint density at radius 1 is 1.22 bits per heavy atom. The average Bonchev–Trinajstić information content (AvgIpc) is 2.40. The molecule has 18 heavy (non-hydrogen) atoms. The van der Waals surface area contributed by atoms with Crippen LogP contribution >= 0.6 is 0 Å². The van der Waals surface area contributed by atoms with Crippen LogP contribution in [0.4, 0.5) is 0 Å². The van der Waals surface area contributed by atoms with Crippen molar-refractivity contribution in [2.24, 2.45) is 5.92 Å². The zero-order valence-corrected chi connectivity index (χ0v) is 11.9. The fourth-order valence-electron chi connectivity index (χ4n) is 2.94. The first-order valence-corrected chi connectivity index (χ1v) is 7.22. The van der Waals surface area contributed by atoms with E-state index in [9.17, 15) is 0 Å². The van der Waals surface area contributed by atoms with Gasteiger partial charge in [0.1, 0.15) is 0 Å². The van der Waals surface area contributed by atoms with Gasteiger partial charge < -0.3 is 5.32 Å². The van der Waals surface area contributed by atoms with E-state index in [1.165, 1.54) is 12.0 Å². The SMILES string of the molecule is CCC1CNC[C@H](C(C)C)N1Cc1ccccc1. The molecule has 1 unspecified atom stereocenters. The molecule has 1 aromatic rings. The van der Waals surface area contributed by atoms with Crippen LogP contribution in [0.5, 0.6) is 0 Å². The maximum absolute atomic E-state index is 3.59. The van der Waals surface area contributed by atoms with E-state index in [1.807, 2.05) is 0 Å². The highest BCUT2D eigenvalue weighted by molar-refractivity contribution is 5.15. The standard InChI is InChI=1S/C16H26N2/c1-4-15-10-17-11-16(13(2)3)18(15)12-14-8-6-5-7-9-14/h5-9,13,15-17H,4,10-12H2,1-3H3/t15?,16-/m1/s1. The Morgan fingerprint density at radius 3 is 2.56 bits per heavy atom. The van der Waals surface area contributed by atoms with Crippen LogP contribution in [0.2, 0.25) is 0 Å². The average molecular weight is 246 g/mol. The van der Waals surface area contributed by atoms with Gasteiger partial charge in [0.2, 0.25) is 0 Å². The third kappa shape index (κ3) is 3.12. The molecule has 0 bridgehead atoms. The van der Waals surface area contributed by atoms with Crippen LogP contribution in [-0.2, 0) is 6.54 Å². The molecule has 100 valence electrons. The molecule has 1 aromatic carbocycles. The highest BCUT2D eigenvalue weighted by atomic mass is 15.2. The van der Waals surface area contributed by atoms with E-state index in [2.05, 4.69) is 61.3 Å². The van der Waals surface area contributed by atoms with E-state index in [4.69, 9.17) is 0 Å². The number of nitrogens with one attached hydrogen (secondary N) is 1. The molecular weight excluding hydrogens is 220 g/mol. The summed E-state index contributed by atoms with van der Waals surface area (Å²) < 4.78 is 0. The van der Waals surface area contributed by atoms with Crippen LogP contribution < -0.4 is 5.32 Å². The van der Waals surface area contributed by atoms with Crippen molar-refractivity contribution < 1.29 is 0 Å². The summed E-state index contributed by atoms with van der Waals surface area (Å²) in [5.74, 6) is 0.704. The van der Waals surface area contributed by atoms with Crippen LogP contribution in [0, 0.1) is 5.92 Å². The normalized spacial score (nSPS) is 25.6. The fraction of sp³-hybridized carbons (Fsp3) is 0.625. The van der Waals surface area contributed by atoms with Gasteiger partial charge in [0.25, 0.3) is 0 Å². The van der Waals surface area contributed by atoms with E-state index < -0.39 is 0 Å². The second kappa shape index (κ2) is 6.35. The van der Waals surface area contributed by atoms with Crippen molar-refractivity contribution in [3.8, 4) is 0 Å². The second-order valence-electron chi connectivity index (χ2n) is 5.69. The Kier molecular flexibility index (Phi) is 4.79. The minimum Gasteiger partial charge on any atom is -0.314 e. The van der Waals surface area contributed by atoms with Crippen molar-refractivity contribution in [3.63, 3.8) is 0 Å². The lowest BCUT2D eigenvalue weighted by atomic mass is 9.95. The van der Waals surface area contributed by atoms with E-state index in [0.29, 0.717) is 18.0 Å². The minimum absolute atomic E-state index is 0.656. The van der Waals surface area contributed by atoms with Crippen LogP contribution in [0.25, 0.3) is 0 Å². The van der Waals surface area contributed by atoms with Crippen LogP contribution in [-0.4, -0.2) is 30.1 Å². The molecule has 2 heteroatoms. The zero-order valence-electron chi connectivity index (χ0n) is 11.9. The Morgan fingerprint density at radius 2 is 1.94 bits per heavy atom. The zero-order chi connectivity index (χ0) is 13.0. The molecule has 1 N–H and O–H groups in total. The highest BCUT2D eigenvalue weighted by Crippen LogP contribution is 2.21. The van der Waals surface area contributed by atoms with Gasteiger partial charge >= 0.3 is 0 Å². The maximum atomic E-state index is 3.59. The first-order chi connectivity index (χ1) is 8.72. The largest absolute Gasteiger partial charge is 0.314 e. The van der Waals surface area contributed by atoms with E-state index in [1.54, 1.807) is 0 Å². The first-order valence-electron chi connectivity index (χ1n) is 7.22. The summed E-state index contributed by atoms with van der Waals surface area (Å²) in [7, 11) is 0. The second-order valence-corrected chi connectivity index (χ2v) is 5.69. The van der Waals surface area contributed by atoms with Gasteiger partial charge in [-0.15, -0.1) is 0 Å². The Hall–Kier alpha value is -0.860. The van der Waals surface area contributed by atoms with Crippen LogP contribution in [0.15, 0.2) is 30.3 Å². The summed E-state index contributed by atoms with van der Waals surface area (Å²) in [6.07, 6.45) is 1.23. The number of piperazine rings is 1. The topological polar surface area (TPSA) is 15.3 Å². The lowest BCUT2D eigenvalue weighted by molar-refractivity contribution is 0.0587. The minimum atomic E-state index is 0.656.